The minimum absolute atomic E-state index is 0.0825. The summed E-state index contributed by atoms with van der Waals surface area (Å²) in [6.07, 6.45) is 0. The topological polar surface area (TPSA) is 72.6 Å². The molecule has 0 spiro atoms. The molecule has 0 radical (unpaired) electrons. The molecule has 0 aliphatic heterocycles. The molecular formula is C13H12N2O3S. The molecule has 98 valence electrons. The molecule has 5 nitrogen and oxygen atoms in total. The number of aryl methyl sites for hydroxylation is 1. The van der Waals surface area contributed by atoms with E-state index in [4.69, 9.17) is 0 Å². The first-order chi connectivity index (χ1) is 9.00. The Kier molecular flexibility index (Phi) is 3.62. The fourth-order valence-electron chi connectivity index (χ4n) is 1.44. The van der Waals surface area contributed by atoms with Crippen molar-refractivity contribution >= 4 is 15.7 Å². The van der Waals surface area contributed by atoms with E-state index in [2.05, 4.69) is 5.11 Å². The second-order valence-corrected chi connectivity index (χ2v) is 5.70. The van der Waals surface area contributed by atoms with E-state index in [1.165, 1.54) is 12.1 Å². The molecule has 0 fully saturated rings. The molecule has 0 N–H and O–H groups in total. The van der Waals surface area contributed by atoms with Crippen molar-refractivity contribution in [1.29, 1.82) is 0 Å². The molecule has 0 unspecified atom stereocenters. The van der Waals surface area contributed by atoms with E-state index < -0.39 is 10.0 Å². The fraction of sp³-hybridized carbons (Fsp3) is 0.0769. The molecule has 0 saturated heterocycles. The normalized spacial score (nSPS) is 12.4. The Balaban J connectivity index is 2.38. The van der Waals surface area contributed by atoms with Gasteiger partial charge >= 0.3 is 10.0 Å². The SMILES string of the molecule is Cc1ccc(N=[N+]([O-])S(=O)(=O)c2ccccc2)cc1. The maximum Gasteiger partial charge on any atom is 0.429 e. The molecule has 0 amide bonds. The van der Waals surface area contributed by atoms with Gasteiger partial charge in [-0.05, 0) is 31.2 Å². The Morgan fingerprint density at radius 1 is 1.00 bits per heavy atom. The zero-order chi connectivity index (χ0) is 13.9. The summed E-state index contributed by atoms with van der Waals surface area (Å²) in [6.45, 7) is 1.89. The smallest absolute Gasteiger partial charge is 0.429 e. The van der Waals surface area contributed by atoms with Crippen LogP contribution in [0.2, 0.25) is 0 Å². The lowest BCUT2D eigenvalue weighted by molar-refractivity contribution is -0.359. The van der Waals surface area contributed by atoms with Crippen LogP contribution in [0.3, 0.4) is 0 Å². The van der Waals surface area contributed by atoms with Gasteiger partial charge in [0.15, 0.2) is 0 Å². The molecular weight excluding hydrogens is 264 g/mol. The summed E-state index contributed by atoms with van der Waals surface area (Å²) in [7, 11) is -4.14. The number of sulfonamides is 1. The van der Waals surface area contributed by atoms with E-state index in [9.17, 15) is 13.6 Å². The second kappa shape index (κ2) is 5.19. The third-order valence-corrected chi connectivity index (χ3v) is 3.84. The number of benzene rings is 2. The Bertz CT molecular complexity index is 692. The Labute approximate surface area is 111 Å². The highest BCUT2D eigenvalue weighted by Gasteiger charge is 2.24. The van der Waals surface area contributed by atoms with Crippen molar-refractivity contribution in [3.63, 3.8) is 0 Å². The molecule has 0 heterocycles. The van der Waals surface area contributed by atoms with E-state index in [0.29, 0.717) is 5.69 Å². The van der Waals surface area contributed by atoms with Crippen LogP contribution < -0.4 is 0 Å². The maximum absolute atomic E-state index is 11.9. The molecule has 2 rings (SSSR count). The van der Waals surface area contributed by atoms with Gasteiger partial charge in [0.25, 0.3) is 0 Å². The van der Waals surface area contributed by atoms with E-state index in [1.54, 1.807) is 42.5 Å². The van der Waals surface area contributed by atoms with Crippen LogP contribution >= 0.6 is 0 Å². The molecule has 0 aliphatic carbocycles. The highest BCUT2D eigenvalue weighted by Crippen LogP contribution is 2.17. The van der Waals surface area contributed by atoms with Crippen LogP contribution in [0.25, 0.3) is 0 Å². The highest BCUT2D eigenvalue weighted by molar-refractivity contribution is 7.85. The summed E-state index contributed by atoms with van der Waals surface area (Å²) >= 11 is 0. The summed E-state index contributed by atoms with van der Waals surface area (Å²) in [5.74, 6) is 0. The van der Waals surface area contributed by atoms with Gasteiger partial charge in [0.1, 0.15) is 10.6 Å². The third-order valence-electron chi connectivity index (χ3n) is 2.48. The molecule has 0 aromatic heterocycles. The Morgan fingerprint density at radius 2 is 1.58 bits per heavy atom. The van der Waals surface area contributed by atoms with Gasteiger partial charge in [-0.25, -0.2) is 0 Å². The Morgan fingerprint density at radius 3 is 2.16 bits per heavy atom. The number of nitrogens with zero attached hydrogens (tertiary/aromatic N) is 2. The first-order valence-corrected chi connectivity index (χ1v) is 7.00. The lowest BCUT2D eigenvalue weighted by Gasteiger charge is -2.01. The van der Waals surface area contributed by atoms with Crippen LogP contribution in [0, 0.1) is 12.1 Å². The molecule has 19 heavy (non-hydrogen) atoms. The predicted octanol–water partition coefficient (Wildman–Crippen LogP) is 2.98. The largest absolute Gasteiger partial charge is 0.583 e. The van der Waals surface area contributed by atoms with Gasteiger partial charge in [-0.2, -0.15) is 8.42 Å². The first-order valence-electron chi connectivity index (χ1n) is 5.56. The fourth-order valence-corrected chi connectivity index (χ4v) is 2.33. The Hall–Kier alpha value is -2.21. The minimum atomic E-state index is -4.14. The van der Waals surface area contributed by atoms with Crippen LogP contribution in [0.4, 0.5) is 5.69 Å². The average molecular weight is 276 g/mol. The summed E-state index contributed by atoms with van der Waals surface area (Å²) < 4.78 is 23.6. The van der Waals surface area contributed by atoms with Crippen LogP contribution in [0.15, 0.2) is 64.6 Å². The van der Waals surface area contributed by atoms with E-state index >= 15 is 0 Å². The monoisotopic (exact) mass is 276 g/mol. The van der Waals surface area contributed by atoms with Crippen molar-refractivity contribution in [2.24, 2.45) is 5.11 Å². The summed E-state index contributed by atoms with van der Waals surface area (Å²) in [5.41, 5.74) is 1.29. The van der Waals surface area contributed by atoms with Crippen molar-refractivity contribution in [3.05, 3.63) is 65.4 Å². The molecule has 0 saturated carbocycles. The molecule has 0 aliphatic rings. The van der Waals surface area contributed by atoms with Crippen molar-refractivity contribution in [1.82, 2.24) is 0 Å². The van der Waals surface area contributed by atoms with Crippen LogP contribution in [-0.4, -0.2) is 12.7 Å². The zero-order valence-electron chi connectivity index (χ0n) is 10.2. The van der Waals surface area contributed by atoms with Gasteiger partial charge in [-0.3, -0.25) is 0 Å². The molecule has 0 atom stereocenters. The molecule has 2 aromatic rings. The lowest BCUT2D eigenvalue weighted by atomic mass is 10.2. The van der Waals surface area contributed by atoms with Crippen molar-refractivity contribution in [3.8, 4) is 0 Å². The van der Waals surface area contributed by atoms with E-state index in [0.717, 1.165) is 5.56 Å². The summed E-state index contributed by atoms with van der Waals surface area (Å²) in [5, 5.41) is 15.2. The predicted molar refractivity (Wildman–Crippen MR) is 70.5 cm³/mol. The highest BCUT2D eigenvalue weighted by atomic mass is 32.2. The van der Waals surface area contributed by atoms with Crippen LogP contribution in [0.5, 0.6) is 0 Å². The standard InChI is InChI=1S/C13H12N2O3S/c1-11-7-9-12(10-8-11)14-15(16)19(17,18)13-5-3-2-4-6-13/h2-10H,1H3. The molecule has 6 heteroatoms. The van der Waals surface area contributed by atoms with Crippen molar-refractivity contribution in [2.75, 3.05) is 0 Å². The minimum Gasteiger partial charge on any atom is -0.583 e. The van der Waals surface area contributed by atoms with Crippen molar-refractivity contribution in [2.45, 2.75) is 11.8 Å². The quantitative estimate of drug-likeness (QED) is 0.491. The van der Waals surface area contributed by atoms with Gasteiger partial charge in [-0.1, -0.05) is 35.9 Å². The van der Waals surface area contributed by atoms with E-state index in [1.807, 2.05) is 6.92 Å². The number of hydrogen-bond donors (Lipinski definition) is 0. The zero-order valence-corrected chi connectivity index (χ0v) is 11.0. The third kappa shape index (κ3) is 2.97. The number of hydrogen-bond acceptors (Lipinski definition) is 4. The summed E-state index contributed by atoms with van der Waals surface area (Å²) in [6, 6.07) is 14.1. The van der Waals surface area contributed by atoms with Gasteiger partial charge in [0.2, 0.25) is 0 Å². The van der Waals surface area contributed by atoms with E-state index in [-0.39, 0.29) is 9.16 Å². The van der Waals surface area contributed by atoms with Gasteiger partial charge in [0.05, 0.1) is 0 Å². The molecule has 2 aromatic carbocycles. The van der Waals surface area contributed by atoms with Crippen LogP contribution in [0.1, 0.15) is 5.56 Å². The van der Waals surface area contributed by atoms with Gasteiger partial charge < -0.3 is 5.21 Å². The second-order valence-electron chi connectivity index (χ2n) is 3.96. The van der Waals surface area contributed by atoms with Gasteiger partial charge in [-0.15, -0.1) is 0 Å². The maximum atomic E-state index is 11.9. The lowest BCUT2D eigenvalue weighted by Crippen LogP contribution is -2.13. The average Bonchev–Trinajstić information content (AvgIpc) is 2.42. The van der Waals surface area contributed by atoms with Crippen LogP contribution in [-0.2, 0) is 10.0 Å². The molecule has 0 bridgehead atoms. The number of rotatable bonds is 3. The first kappa shape index (κ1) is 13.2. The van der Waals surface area contributed by atoms with Gasteiger partial charge in [0, 0.05) is 9.38 Å². The van der Waals surface area contributed by atoms with Crippen molar-refractivity contribution < 1.29 is 12.7 Å². The summed E-state index contributed by atoms with van der Waals surface area (Å²) in [4.78, 5) is -0.0825.